The minimum Gasteiger partial charge on any atom is -0.323 e. The van der Waals surface area contributed by atoms with Gasteiger partial charge in [0, 0.05) is 37.2 Å². The first-order valence-electron chi connectivity index (χ1n) is 10.2. The Hall–Kier alpha value is -2.65. The highest BCUT2D eigenvalue weighted by molar-refractivity contribution is 6.02. The lowest BCUT2D eigenvalue weighted by molar-refractivity contribution is -0.142. The third-order valence-corrected chi connectivity index (χ3v) is 5.48. The molecule has 0 saturated heterocycles. The van der Waals surface area contributed by atoms with Gasteiger partial charge in [0.25, 0.3) is 0 Å². The van der Waals surface area contributed by atoms with E-state index in [9.17, 15) is 22.8 Å². The zero-order valence-electron chi connectivity index (χ0n) is 17.3. The van der Waals surface area contributed by atoms with Gasteiger partial charge in [0.05, 0.1) is 11.9 Å². The molecule has 3 rings (SSSR count). The third-order valence-electron chi connectivity index (χ3n) is 5.48. The summed E-state index contributed by atoms with van der Waals surface area (Å²) < 4.78 is 42.9. The van der Waals surface area contributed by atoms with Crippen LogP contribution < -0.4 is 5.32 Å². The molecular weight excluding hydrogens is 399 g/mol. The molecule has 1 atom stereocenters. The van der Waals surface area contributed by atoms with Crippen molar-refractivity contribution in [3.05, 3.63) is 28.8 Å². The van der Waals surface area contributed by atoms with E-state index in [1.54, 1.807) is 6.92 Å². The number of aromatic nitrogens is 4. The lowest BCUT2D eigenvalue weighted by Crippen LogP contribution is -2.23. The van der Waals surface area contributed by atoms with E-state index in [0.29, 0.717) is 48.4 Å². The van der Waals surface area contributed by atoms with Crippen molar-refractivity contribution >= 4 is 17.4 Å². The fraction of sp³-hybridized carbons (Fsp3) is 0.600. The summed E-state index contributed by atoms with van der Waals surface area (Å²) in [5.41, 5.74) is 0.798. The van der Waals surface area contributed by atoms with Gasteiger partial charge in [-0.25, -0.2) is 0 Å². The van der Waals surface area contributed by atoms with Gasteiger partial charge in [-0.3, -0.25) is 19.0 Å². The first kappa shape index (κ1) is 22.0. The number of fused-ring (bicyclic) bond motifs is 1. The average Bonchev–Trinajstić information content (AvgIpc) is 3.27. The van der Waals surface area contributed by atoms with Gasteiger partial charge < -0.3 is 5.32 Å². The Morgan fingerprint density at radius 1 is 1.23 bits per heavy atom. The first-order valence-corrected chi connectivity index (χ1v) is 10.2. The summed E-state index contributed by atoms with van der Waals surface area (Å²) in [6.45, 7) is 5.66. The second-order valence-corrected chi connectivity index (χ2v) is 7.66. The summed E-state index contributed by atoms with van der Waals surface area (Å²) in [5, 5.41) is 10.6. The summed E-state index contributed by atoms with van der Waals surface area (Å²) in [4.78, 5) is 24.5. The Morgan fingerprint density at radius 2 is 1.93 bits per heavy atom. The molecule has 2 aromatic heterocycles. The highest BCUT2D eigenvalue weighted by Crippen LogP contribution is 2.36. The normalized spacial score (nSPS) is 15.0. The Labute approximate surface area is 172 Å². The van der Waals surface area contributed by atoms with E-state index in [1.807, 2.05) is 6.92 Å². The van der Waals surface area contributed by atoms with Crippen LogP contribution in [-0.4, -0.2) is 31.3 Å². The van der Waals surface area contributed by atoms with Crippen LogP contribution in [0.5, 0.6) is 0 Å². The molecule has 2 aromatic rings. The van der Waals surface area contributed by atoms with Gasteiger partial charge in [-0.15, -0.1) is 0 Å². The Morgan fingerprint density at radius 3 is 2.57 bits per heavy atom. The lowest BCUT2D eigenvalue weighted by Gasteiger charge is -2.16. The van der Waals surface area contributed by atoms with Crippen LogP contribution >= 0.6 is 0 Å². The molecule has 1 amide bonds. The monoisotopic (exact) mass is 425 g/mol. The first-order chi connectivity index (χ1) is 14.1. The average molecular weight is 425 g/mol. The van der Waals surface area contributed by atoms with Crippen molar-refractivity contribution in [2.45, 2.75) is 72.1 Å². The predicted octanol–water partition coefficient (Wildman–Crippen LogP) is 3.86. The number of hydrogen-bond acceptors (Lipinski definition) is 4. The fourth-order valence-electron chi connectivity index (χ4n) is 3.87. The third kappa shape index (κ3) is 4.41. The number of carbonyl (C=O) groups is 2. The number of rotatable bonds is 7. The molecule has 0 aromatic carbocycles. The van der Waals surface area contributed by atoms with E-state index in [1.165, 1.54) is 22.5 Å². The Kier molecular flexibility index (Phi) is 6.33. The van der Waals surface area contributed by atoms with Gasteiger partial charge >= 0.3 is 6.18 Å². The van der Waals surface area contributed by atoms with Gasteiger partial charge in [0.1, 0.15) is 5.69 Å². The molecule has 164 valence electrons. The smallest absolute Gasteiger partial charge is 0.323 e. The van der Waals surface area contributed by atoms with Crippen molar-refractivity contribution in [2.24, 2.45) is 5.92 Å². The van der Waals surface area contributed by atoms with Crippen LogP contribution in [0.3, 0.4) is 0 Å². The molecule has 0 saturated carbocycles. The predicted molar refractivity (Wildman–Crippen MR) is 104 cm³/mol. The van der Waals surface area contributed by atoms with Gasteiger partial charge in [0.15, 0.2) is 11.5 Å². The van der Waals surface area contributed by atoms with Crippen molar-refractivity contribution in [1.29, 1.82) is 0 Å². The van der Waals surface area contributed by atoms with Crippen LogP contribution in [0.15, 0.2) is 6.20 Å². The maximum atomic E-state index is 13.3. The number of amides is 1. The van der Waals surface area contributed by atoms with Gasteiger partial charge in [-0.2, -0.15) is 23.4 Å². The van der Waals surface area contributed by atoms with E-state index in [0.717, 1.165) is 12.8 Å². The molecule has 0 aliphatic heterocycles. The largest absolute Gasteiger partial charge is 0.435 e. The number of anilines is 1. The molecule has 0 radical (unpaired) electrons. The van der Waals surface area contributed by atoms with Gasteiger partial charge in [-0.05, 0) is 39.0 Å². The molecule has 1 unspecified atom stereocenters. The van der Waals surface area contributed by atoms with Crippen molar-refractivity contribution in [3.63, 3.8) is 0 Å². The summed E-state index contributed by atoms with van der Waals surface area (Å²) in [7, 11) is 0. The molecular formula is C20H26F3N5O2. The molecule has 30 heavy (non-hydrogen) atoms. The summed E-state index contributed by atoms with van der Waals surface area (Å²) >= 11 is 0. The van der Waals surface area contributed by atoms with E-state index in [4.69, 9.17) is 0 Å². The summed E-state index contributed by atoms with van der Waals surface area (Å²) in [5.74, 6) is -1.00. The zero-order valence-corrected chi connectivity index (χ0v) is 17.3. The molecule has 2 heterocycles. The number of alkyl halides is 3. The van der Waals surface area contributed by atoms with Gasteiger partial charge in [0.2, 0.25) is 5.91 Å². The maximum absolute atomic E-state index is 13.3. The molecule has 0 bridgehead atoms. The number of nitrogens with zero attached hydrogens (tertiary/aromatic N) is 4. The summed E-state index contributed by atoms with van der Waals surface area (Å²) in [6.07, 6.45) is -0.199. The maximum Gasteiger partial charge on any atom is 0.435 e. The number of aryl methyl sites for hydroxylation is 2. The van der Waals surface area contributed by atoms with Crippen molar-refractivity contribution in [2.75, 3.05) is 5.32 Å². The second-order valence-electron chi connectivity index (χ2n) is 7.66. The topological polar surface area (TPSA) is 81.8 Å². The van der Waals surface area contributed by atoms with Crippen molar-refractivity contribution < 1.29 is 22.8 Å². The number of Topliss-reactive ketones (excluding diaryl/α,β-unsaturated/α-hetero) is 1. The van der Waals surface area contributed by atoms with Crippen LogP contribution in [0.1, 0.15) is 67.5 Å². The van der Waals surface area contributed by atoms with E-state index >= 15 is 0 Å². The number of carbonyl (C=O) groups excluding carboxylic acids is 2. The highest BCUT2D eigenvalue weighted by Gasteiger charge is 2.39. The lowest BCUT2D eigenvalue weighted by atomic mass is 9.95. The SMILES string of the molecule is CCn1ncc(NC(=O)C(C)CCn2nc(C(F)(F)F)c3c2CCCC3)c1C(C)=O. The molecule has 1 aliphatic rings. The van der Waals surface area contributed by atoms with E-state index < -0.39 is 17.8 Å². The number of ketones is 1. The van der Waals surface area contributed by atoms with Crippen molar-refractivity contribution in [3.8, 4) is 0 Å². The number of halogens is 3. The van der Waals surface area contributed by atoms with Crippen LogP contribution in [0, 0.1) is 5.92 Å². The molecule has 1 N–H and O–H groups in total. The molecule has 0 spiro atoms. The van der Waals surface area contributed by atoms with Crippen LogP contribution in [0.2, 0.25) is 0 Å². The minimum atomic E-state index is -4.47. The number of nitrogens with one attached hydrogen (secondary N) is 1. The number of hydrogen-bond donors (Lipinski definition) is 1. The Bertz CT molecular complexity index is 945. The standard InChI is InChI=1S/C20H26F3N5O2/c1-4-27-17(13(3)29)15(11-24-27)25-19(30)12(2)9-10-28-16-8-6-5-7-14(16)18(26-28)20(21,22)23/h11-12H,4-10H2,1-3H3,(H,25,30). The Balaban J connectivity index is 1.70. The van der Waals surface area contributed by atoms with Crippen LogP contribution in [0.25, 0.3) is 0 Å². The quantitative estimate of drug-likeness (QED) is 0.683. The van der Waals surface area contributed by atoms with Crippen LogP contribution in [-0.2, 0) is 36.9 Å². The van der Waals surface area contributed by atoms with E-state index in [-0.39, 0.29) is 18.2 Å². The molecule has 0 fully saturated rings. The zero-order chi connectivity index (χ0) is 22.1. The van der Waals surface area contributed by atoms with Crippen LogP contribution in [0.4, 0.5) is 18.9 Å². The highest BCUT2D eigenvalue weighted by atomic mass is 19.4. The van der Waals surface area contributed by atoms with Crippen molar-refractivity contribution in [1.82, 2.24) is 19.6 Å². The summed E-state index contributed by atoms with van der Waals surface area (Å²) in [6, 6.07) is 0. The molecule has 7 nitrogen and oxygen atoms in total. The minimum absolute atomic E-state index is 0.208. The molecule has 1 aliphatic carbocycles. The van der Waals surface area contributed by atoms with Gasteiger partial charge in [-0.1, -0.05) is 6.92 Å². The fourth-order valence-corrected chi connectivity index (χ4v) is 3.87. The molecule has 10 heteroatoms. The second kappa shape index (κ2) is 8.61. The van der Waals surface area contributed by atoms with E-state index in [2.05, 4.69) is 15.5 Å².